The van der Waals surface area contributed by atoms with Crippen molar-refractivity contribution in [2.24, 2.45) is 10.9 Å². The van der Waals surface area contributed by atoms with E-state index >= 15 is 0 Å². The summed E-state index contributed by atoms with van der Waals surface area (Å²) in [4.78, 5) is 15.6. The summed E-state index contributed by atoms with van der Waals surface area (Å²) in [6, 6.07) is 11.1. The Bertz CT molecular complexity index is 776. The van der Waals surface area contributed by atoms with Gasteiger partial charge in [-0.05, 0) is 18.1 Å². The van der Waals surface area contributed by atoms with E-state index in [9.17, 15) is 10.1 Å². The standard InChI is InChI=1S/C17H19N3O2S/c1-3-11(2)15-10-23-17(19-15)18-14-8-9-16(20(21)22)13-7-5-4-6-12(13)14/h4-9,11,15H,3,10H2,1-2H3,(H,18,19)/t11?,15-/m1/s1. The van der Waals surface area contributed by atoms with Crippen LogP contribution in [0.1, 0.15) is 20.3 Å². The van der Waals surface area contributed by atoms with Gasteiger partial charge in [-0.2, -0.15) is 0 Å². The fourth-order valence-electron chi connectivity index (χ4n) is 2.69. The summed E-state index contributed by atoms with van der Waals surface area (Å²) in [6.45, 7) is 4.40. The van der Waals surface area contributed by atoms with Crippen LogP contribution in [0.3, 0.4) is 0 Å². The van der Waals surface area contributed by atoms with Crippen LogP contribution in [0.2, 0.25) is 0 Å². The molecule has 0 bridgehead atoms. The van der Waals surface area contributed by atoms with E-state index in [1.165, 1.54) is 0 Å². The van der Waals surface area contributed by atoms with Crippen LogP contribution in [0.5, 0.6) is 0 Å². The highest BCUT2D eigenvalue weighted by molar-refractivity contribution is 8.14. The lowest BCUT2D eigenvalue weighted by Gasteiger charge is -2.12. The van der Waals surface area contributed by atoms with E-state index in [0.717, 1.165) is 28.4 Å². The number of hydrogen-bond donors (Lipinski definition) is 1. The number of hydrogen-bond acceptors (Lipinski definition) is 5. The van der Waals surface area contributed by atoms with Crippen LogP contribution < -0.4 is 5.32 Å². The van der Waals surface area contributed by atoms with Crippen LogP contribution >= 0.6 is 11.8 Å². The minimum absolute atomic E-state index is 0.129. The number of aliphatic imine (C=N–C) groups is 1. The molecule has 23 heavy (non-hydrogen) atoms. The zero-order valence-electron chi connectivity index (χ0n) is 13.2. The van der Waals surface area contributed by atoms with Gasteiger partial charge in [-0.3, -0.25) is 15.1 Å². The molecule has 1 unspecified atom stereocenters. The lowest BCUT2D eigenvalue weighted by molar-refractivity contribution is -0.383. The van der Waals surface area contributed by atoms with Crippen molar-refractivity contribution in [1.29, 1.82) is 0 Å². The highest BCUT2D eigenvalue weighted by atomic mass is 32.2. The Morgan fingerprint density at radius 3 is 2.78 bits per heavy atom. The average molecular weight is 329 g/mol. The first-order valence-corrected chi connectivity index (χ1v) is 8.72. The molecule has 2 aromatic rings. The van der Waals surface area contributed by atoms with Gasteiger partial charge in [0.25, 0.3) is 5.69 Å². The molecule has 5 nitrogen and oxygen atoms in total. The number of nitro groups is 1. The zero-order chi connectivity index (χ0) is 16.4. The van der Waals surface area contributed by atoms with Gasteiger partial charge in [0.15, 0.2) is 5.17 Å². The molecule has 1 aliphatic rings. The van der Waals surface area contributed by atoms with Gasteiger partial charge >= 0.3 is 0 Å². The summed E-state index contributed by atoms with van der Waals surface area (Å²) < 4.78 is 0. The van der Waals surface area contributed by atoms with E-state index in [0.29, 0.717) is 17.3 Å². The maximum atomic E-state index is 11.2. The van der Waals surface area contributed by atoms with Gasteiger partial charge < -0.3 is 5.32 Å². The summed E-state index contributed by atoms with van der Waals surface area (Å²) in [7, 11) is 0. The lowest BCUT2D eigenvalue weighted by atomic mass is 10.0. The summed E-state index contributed by atoms with van der Waals surface area (Å²) in [6.07, 6.45) is 1.11. The molecule has 0 saturated carbocycles. The quantitative estimate of drug-likeness (QED) is 0.653. The number of amidine groups is 1. The monoisotopic (exact) mass is 329 g/mol. The third-order valence-corrected chi connectivity index (χ3v) is 5.30. The number of nitro benzene ring substituents is 1. The van der Waals surface area contributed by atoms with Gasteiger partial charge in [0.05, 0.1) is 16.4 Å². The smallest absolute Gasteiger partial charge is 0.277 e. The Hall–Kier alpha value is -2.08. The van der Waals surface area contributed by atoms with E-state index in [1.807, 2.05) is 18.2 Å². The molecular formula is C17H19N3O2S. The molecule has 1 heterocycles. The van der Waals surface area contributed by atoms with Crippen molar-refractivity contribution in [2.75, 3.05) is 11.1 Å². The molecule has 1 N–H and O–H groups in total. The van der Waals surface area contributed by atoms with Crippen LogP contribution in [0.25, 0.3) is 10.8 Å². The SMILES string of the molecule is CCC(C)[C@H]1CSC(Nc2ccc([N+](=O)[O-])c3ccccc23)=N1. The molecule has 0 aromatic heterocycles. The molecule has 0 amide bonds. The number of non-ortho nitro benzene ring substituents is 1. The third kappa shape index (κ3) is 3.17. The number of fused-ring (bicyclic) bond motifs is 1. The van der Waals surface area contributed by atoms with Crippen molar-refractivity contribution in [3.8, 4) is 0 Å². The molecule has 0 aliphatic carbocycles. The molecule has 0 radical (unpaired) electrons. The Labute approximate surface area is 139 Å². The molecule has 0 saturated heterocycles. The van der Waals surface area contributed by atoms with Crippen molar-refractivity contribution in [2.45, 2.75) is 26.3 Å². The van der Waals surface area contributed by atoms with Gasteiger partial charge in [0, 0.05) is 22.9 Å². The first-order chi connectivity index (χ1) is 11.1. The number of nitrogens with one attached hydrogen (secondary N) is 1. The number of rotatable bonds is 4. The number of nitrogens with zero attached hydrogens (tertiary/aromatic N) is 2. The number of thioether (sulfide) groups is 1. The van der Waals surface area contributed by atoms with Crippen LogP contribution in [-0.4, -0.2) is 21.9 Å². The van der Waals surface area contributed by atoms with Gasteiger partial charge in [-0.15, -0.1) is 0 Å². The van der Waals surface area contributed by atoms with E-state index in [1.54, 1.807) is 30.0 Å². The summed E-state index contributed by atoms with van der Waals surface area (Å²) in [5.41, 5.74) is 0.992. The van der Waals surface area contributed by atoms with Crippen molar-refractivity contribution in [3.63, 3.8) is 0 Å². The number of benzene rings is 2. The molecule has 1 aliphatic heterocycles. The second kappa shape index (κ2) is 6.58. The Balaban J connectivity index is 1.93. The predicted molar refractivity (Wildman–Crippen MR) is 97.4 cm³/mol. The minimum Gasteiger partial charge on any atom is -0.334 e. The molecule has 2 aromatic carbocycles. The molecule has 2 atom stereocenters. The Kier molecular flexibility index (Phi) is 4.52. The van der Waals surface area contributed by atoms with E-state index in [2.05, 4.69) is 19.2 Å². The fourth-order valence-corrected chi connectivity index (χ4v) is 3.81. The van der Waals surface area contributed by atoms with Gasteiger partial charge in [-0.1, -0.05) is 50.2 Å². The third-order valence-electron chi connectivity index (χ3n) is 4.31. The summed E-state index contributed by atoms with van der Waals surface area (Å²) >= 11 is 1.71. The maximum absolute atomic E-state index is 11.2. The molecule has 0 fully saturated rings. The first-order valence-electron chi connectivity index (χ1n) is 7.74. The van der Waals surface area contributed by atoms with E-state index in [-0.39, 0.29) is 10.6 Å². The van der Waals surface area contributed by atoms with Crippen LogP contribution in [0, 0.1) is 16.0 Å². The molecule has 120 valence electrons. The lowest BCUT2D eigenvalue weighted by Crippen LogP contribution is -2.14. The fraction of sp³-hybridized carbons (Fsp3) is 0.353. The van der Waals surface area contributed by atoms with Crippen molar-refractivity contribution < 1.29 is 4.92 Å². The van der Waals surface area contributed by atoms with Crippen LogP contribution in [0.15, 0.2) is 41.4 Å². The normalized spacial score (nSPS) is 18.7. The van der Waals surface area contributed by atoms with Crippen LogP contribution in [0.4, 0.5) is 11.4 Å². The molecule has 3 rings (SSSR count). The molecule has 6 heteroatoms. The average Bonchev–Trinajstić information content (AvgIpc) is 3.02. The maximum Gasteiger partial charge on any atom is 0.277 e. The first kappa shape index (κ1) is 15.8. The van der Waals surface area contributed by atoms with Crippen molar-refractivity contribution >= 4 is 39.1 Å². The van der Waals surface area contributed by atoms with Gasteiger partial charge in [-0.25, -0.2) is 0 Å². The molecular weight excluding hydrogens is 310 g/mol. The summed E-state index contributed by atoms with van der Waals surface area (Å²) in [5, 5.41) is 16.9. The van der Waals surface area contributed by atoms with Gasteiger partial charge in [0.1, 0.15) is 0 Å². The van der Waals surface area contributed by atoms with Crippen molar-refractivity contribution in [1.82, 2.24) is 0 Å². The second-order valence-corrected chi connectivity index (χ2v) is 6.77. The Morgan fingerprint density at radius 1 is 1.35 bits per heavy atom. The Morgan fingerprint density at radius 2 is 2.09 bits per heavy atom. The van der Waals surface area contributed by atoms with Gasteiger partial charge in [0.2, 0.25) is 0 Å². The summed E-state index contributed by atoms with van der Waals surface area (Å²) in [5.74, 6) is 1.55. The van der Waals surface area contributed by atoms with E-state index < -0.39 is 0 Å². The highest BCUT2D eigenvalue weighted by Gasteiger charge is 2.23. The minimum atomic E-state index is -0.340. The topological polar surface area (TPSA) is 67.5 Å². The van der Waals surface area contributed by atoms with Crippen molar-refractivity contribution in [3.05, 3.63) is 46.5 Å². The second-order valence-electron chi connectivity index (χ2n) is 5.76. The van der Waals surface area contributed by atoms with Crippen LogP contribution in [-0.2, 0) is 0 Å². The highest BCUT2D eigenvalue weighted by Crippen LogP contribution is 2.33. The number of anilines is 1. The zero-order valence-corrected chi connectivity index (χ0v) is 14.0. The predicted octanol–water partition coefficient (Wildman–Crippen LogP) is 4.68. The largest absolute Gasteiger partial charge is 0.334 e. The van der Waals surface area contributed by atoms with E-state index in [4.69, 9.17) is 4.99 Å². The molecule has 0 spiro atoms.